The fourth-order valence-electron chi connectivity index (χ4n) is 1.71. The minimum Gasteiger partial charge on any atom is -0.455 e. The Bertz CT molecular complexity index is 687. The van der Waals surface area contributed by atoms with E-state index in [1.807, 2.05) is 12.1 Å². The molecule has 0 unspecified atom stereocenters. The highest BCUT2D eigenvalue weighted by atomic mass is 16.5. The number of nitriles is 1. The lowest BCUT2D eigenvalue weighted by Crippen LogP contribution is -2.29. The lowest BCUT2D eigenvalue weighted by atomic mass is 10.2. The highest BCUT2D eigenvalue weighted by molar-refractivity contribution is 5.85. The molecule has 0 bridgehead atoms. The van der Waals surface area contributed by atoms with Crippen molar-refractivity contribution in [3.8, 4) is 6.07 Å². The van der Waals surface area contributed by atoms with Crippen molar-refractivity contribution >= 4 is 22.8 Å². The number of benzene rings is 1. The van der Waals surface area contributed by atoms with Gasteiger partial charge in [0.25, 0.3) is 5.91 Å². The number of carbonyl (C=O) groups excluding carboxylic acids is 2. The first-order valence-electron chi connectivity index (χ1n) is 6.33. The standard InChI is InChI=1S/C14H13N3O4/c15-6-3-7-16-13(18)9-20-14(19)8-11-10-4-1-2-5-12(10)21-17-11/h1-2,4-5H,3,7-9H2,(H,16,18). The Balaban J connectivity index is 1.82. The van der Waals surface area contributed by atoms with E-state index in [1.165, 1.54) is 0 Å². The minimum absolute atomic E-state index is 0.0670. The van der Waals surface area contributed by atoms with Gasteiger partial charge in [0, 0.05) is 11.9 Å². The molecule has 7 nitrogen and oxygen atoms in total. The topological polar surface area (TPSA) is 105 Å². The molecule has 7 heteroatoms. The number of fused-ring (bicyclic) bond motifs is 1. The predicted molar refractivity (Wildman–Crippen MR) is 71.9 cm³/mol. The van der Waals surface area contributed by atoms with Gasteiger partial charge in [-0.1, -0.05) is 17.3 Å². The van der Waals surface area contributed by atoms with Crippen molar-refractivity contribution in [2.45, 2.75) is 12.8 Å². The summed E-state index contributed by atoms with van der Waals surface area (Å²) in [7, 11) is 0. The molecule has 1 aromatic carbocycles. The first kappa shape index (κ1) is 14.5. The summed E-state index contributed by atoms with van der Waals surface area (Å²) in [6.45, 7) is -0.138. The van der Waals surface area contributed by atoms with Crippen molar-refractivity contribution in [1.29, 1.82) is 5.26 Å². The smallest absolute Gasteiger partial charge is 0.312 e. The van der Waals surface area contributed by atoms with E-state index in [1.54, 1.807) is 18.2 Å². The predicted octanol–water partition coefficient (Wildman–Crippen LogP) is 0.943. The molecule has 0 aliphatic rings. The fourth-order valence-corrected chi connectivity index (χ4v) is 1.71. The Morgan fingerprint density at radius 2 is 2.19 bits per heavy atom. The van der Waals surface area contributed by atoms with Crippen LogP contribution in [0.4, 0.5) is 0 Å². The zero-order valence-electron chi connectivity index (χ0n) is 11.2. The molecule has 2 aromatic rings. The first-order valence-corrected chi connectivity index (χ1v) is 6.33. The SMILES string of the molecule is N#CCCNC(=O)COC(=O)Cc1noc2ccccc12. The van der Waals surface area contributed by atoms with Gasteiger partial charge in [0.05, 0.1) is 18.9 Å². The Hall–Kier alpha value is -2.88. The van der Waals surface area contributed by atoms with Crippen LogP contribution < -0.4 is 5.32 Å². The van der Waals surface area contributed by atoms with Crippen LogP contribution in [0.15, 0.2) is 28.8 Å². The fraction of sp³-hybridized carbons (Fsp3) is 0.286. The van der Waals surface area contributed by atoms with Crippen molar-refractivity contribution < 1.29 is 18.8 Å². The molecule has 0 radical (unpaired) electrons. The van der Waals surface area contributed by atoms with E-state index in [-0.39, 0.29) is 26.0 Å². The van der Waals surface area contributed by atoms with Crippen LogP contribution in [-0.2, 0) is 20.7 Å². The van der Waals surface area contributed by atoms with Gasteiger partial charge in [0.1, 0.15) is 5.69 Å². The summed E-state index contributed by atoms with van der Waals surface area (Å²) in [5, 5.41) is 15.3. The number of ether oxygens (including phenoxy) is 1. The number of nitrogens with one attached hydrogen (secondary N) is 1. The molecule has 2 rings (SSSR count). The number of nitrogens with zero attached hydrogens (tertiary/aromatic N) is 2. The van der Waals surface area contributed by atoms with Gasteiger partial charge in [-0.25, -0.2) is 0 Å². The normalized spacial score (nSPS) is 10.0. The summed E-state index contributed by atoms with van der Waals surface area (Å²) in [5.41, 5.74) is 1.06. The van der Waals surface area contributed by atoms with Gasteiger partial charge < -0.3 is 14.6 Å². The second-order valence-electron chi connectivity index (χ2n) is 4.22. The number of amides is 1. The van der Waals surface area contributed by atoms with Gasteiger partial charge in [-0.3, -0.25) is 9.59 Å². The van der Waals surface area contributed by atoms with E-state index in [2.05, 4.69) is 10.5 Å². The van der Waals surface area contributed by atoms with E-state index >= 15 is 0 Å². The van der Waals surface area contributed by atoms with Crippen molar-refractivity contribution in [3.05, 3.63) is 30.0 Å². The highest BCUT2D eigenvalue weighted by Gasteiger charge is 2.14. The molecule has 21 heavy (non-hydrogen) atoms. The number of rotatable bonds is 6. The summed E-state index contributed by atoms with van der Waals surface area (Å²) in [4.78, 5) is 23.0. The van der Waals surface area contributed by atoms with E-state index in [0.717, 1.165) is 5.39 Å². The maximum Gasteiger partial charge on any atom is 0.312 e. The minimum atomic E-state index is -0.565. The van der Waals surface area contributed by atoms with Crippen molar-refractivity contribution in [3.63, 3.8) is 0 Å². The lowest BCUT2D eigenvalue weighted by molar-refractivity contribution is -0.147. The average molecular weight is 287 g/mol. The number of para-hydroxylation sites is 1. The van der Waals surface area contributed by atoms with Crippen molar-refractivity contribution in [2.24, 2.45) is 0 Å². The van der Waals surface area contributed by atoms with Gasteiger partial charge in [0.2, 0.25) is 0 Å². The summed E-state index contributed by atoms with van der Waals surface area (Å²) in [6, 6.07) is 9.06. The molecule has 1 amide bonds. The van der Waals surface area contributed by atoms with Crippen molar-refractivity contribution in [2.75, 3.05) is 13.2 Å². The monoisotopic (exact) mass is 287 g/mol. The summed E-state index contributed by atoms with van der Waals surface area (Å²) in [6.07, 6.45) is 0.146. The molecule has 0 fully saturated rings. The number of hydrogen-bond donors (Lipinski definition) is 1. The second-order valence-corrected chi connectivity index (χ2v) is 4.22. The molecule has 108 valence electrons. The molecule has 0 aliphatic carbocycles. The van der Waals surface area contributed by atoms with Crippen LogP contribution >= 0.6 is 0 Å². The lowest BCUT2D eigenvalue weighted by Gasteiger charge is -2.04. The summed E-state index contributed by atoms with van der Waals surface area (Å²) < 4.78 is 9.91. The third-order valence-corrected chi connectivity index (χ3v) is 2.69. The molecule has 1 N–H and O–H groups in total. The quantitative estimate of drug-likeness (QED) is 0.626. The van der Waals surface area contributed by atoms with Crippen LogP contribution in [0.2, 0.25) is 0 Å². The van der Waals surface area contributed by atoms with Gasteiger partial charge in [0.15, 0.2) is 12.2 Å². The van der Waals surface area contributed by atoms with Crippen LogP contribution in [0.5, 0.6) is 0 Å². The van der Waals surface area contributed by atoms with Crippen LogP contribution in [-0.4, -0.2) is 30.2 Å². The molecule has 1 aromatic heterocycles. The second kappa shape index (κ2) is 7.05. The van der Waals surface area contributed by atoms with Gasteiger partial charge in [-0.15, -0.1) is 0 Å². The molecular weight excluding hydrogens is 274 g/mol. The van der Waals surface area contributed by atoms with E-state index < -0.39 is 11.9 Å². The maximum absolute atomic E-state index is 11.7. The molecule has 0 saturated heterocycles. The summed E-state index contributed by atoms with van der Waals surface area (Å²) >= 11 is 0. The van der Waals surface area contributed by atoms with E-state index in [0.29, 0.717) is 11.3 Å². The summed E-state index contributed by atoms with van der Waals surface area (Å²) in [5.74, 6) is -1.01. The third kappa shape index (κ3) is 4.04. The number of hydrogen-bond acceptors (Lipinski definition) is 6. The van der Waals surface area contributed by atoms with Crippen LogP contribution in [0, 0.1) is 11.3 Å². The van der Waals surface area contributed by atoms with E-state index in [9.17, 15) is 9.59 Å². The molecule has 1 heterocycles. The largest absolute Gasteiger partial charge is 0.455 e. The molecule has 0 atom stereocenters. The Kier molecular flexibility index (Phi) is 4.88. The van der Waals surface area contributed by atoms with E-state index in [4.69, 9.17) is 14.5 Å². The van der Waals surface area contributed by atoms with Gasteiger partial charge >= 0.3 is 5.97 Å². The van der Waals surface area contributed by atoms with Crippen LogP contribution in [0.25, 0.3) is 11.0 Å². The molecule has 0 saturated carbocycles. The highest BCUT2D eigenvalue weighted by Crippen LogP contribution is 2.18. The van der Waals surface area contributed by atoms with Gasteiger partial charge in [-0.2, -0.15) is 5.26 Å². The van der Waals surface area contributed by atoms with Gasteiger partial charge in [-0.05, 0) is 12.1 Å². The van der Waals surface area contributed by atoms with Crippen LogP contribution in [0.1, 0.15) is 12.1 Å². The average Bonchev–Trinajstić information content (AvgIpc) is 2.89. The first-order chi connectivity index (χ1) is 10.2. The number of aromatic nitrogens is 1. The number of carbonyl (C=O) groups is 2. The van der Waals surface area contributed by atoms with Crippen LogP contribution in [0.3, 0.4) is 0 Å². The Morgan fingerprint density at radius 3 is 3.00 bits per heavy atom. The molecule has 0 aliphatic heterocycles. The molecular formula is C14H13N3O4. The zero-order chi connectivity index (χ0) is 15.1. The zero-order valence-corrected chi connectivity index (χ0v) is 11.2. The maximum atomic E-state index is 11.7. The third-order valence-electron chi connectivity index (χ3n) is 2.69. The number of esters is 1. The molecule has 0 spiro atoms. The van der Waals surface area contributed by atoms with Crippen molar-refractivity contribution in [1.82, 2.24) is 10.5 Å². The Morgan fingerprint density at radius 1 is 1.38 bits per heavy atom. The Labute approximate surface area is 120 Å².